The maximum absolute atomic E-state index is 15.6. The first-order valence-electron chi connectivity index (χ1n) is 12.2. The number of hydrogen-bond acceptors (Lipinski definition) is 8. The van der Waals surface area contributed by atoms with Crippen LogP contribution in [0.1, 0.15) is 16.8 Å². The Balaban J connectivity index is 1.56. The molecule has 0 unspecified atom stereocenters. The summed E-state index contributed by atoms with van der Waals surface area (Å²) in [6.45, 7) is -0.136. The van der Waals surface area contributed by atoms with Gasteiger partial charge in [0.15, 0.2) is 5.82 Å². The first kappa shape index (κ1) is 28.9. The molecule has 1 aliphatic rings. The Morgan fingerprint density at radius 3 is 2.50 bits per heavy atom. The molecule has 3 aromatic heterocycles. The Morgan fingerprint density at radius 2 is 1.83 bits per heavy atom. The Hall–Kier alpha value is -4.57. The number of nitrogens with one attached hydrogen (secondary N) is 1. The summed E-state index contributed by atoms with van der Waals surface area (Å²) in [5.41, 5.74) is -1.36. The molecule has 0 spiro atoms. The van der Waals surface area contributed by atoms with Crippen molar-refractivity contribution in [3.05, 3.63) is 87.9 Å². The average molecular weight is 607 g/mol. The van der Waals surface area contributed by atoms with Crippen LogP contribution in [-0.4, -0.2) is 53.2 Å². The lowest BCUT2D eigenvalue weighted by Crippen LogP contribution is -2.41. The number of aromatic nitrogens is 4. The highest BCUT2D eigenvalue weighted by atomic mass is 32.2. The molecule has 16 heteroatoms. The van der Waals surface area contributed by atoms with E-state index in [-0.39, 0.29) is 53.8 Å². The normalized spacial score (nSPS) is 13.9. The smallest absolute Gasteiger partial charge is 0.417 e. The summed E-state index contributed by atoms with van der Waals surface area (Å²) in [5.74, 6) is -1.22. The Bertz CT molecular complexity index is 1820. The van der Waals surface area contributed by atoms with Crippen LogP contribution in [0.4, 0.5) is 23.4 Å². The van der Waals surface area contributed by atoms with Crippen molar-refractivity contribution in [1.29, 1.82) is 0 Å². The van der Waals surface area contributed by atoms with Crippen LogP contribution < -0.4 is 19.8 Å². The number of nitrogens with zero attached hydrogens (tertiary/aromatic N) is 5. The third-order valence-electron chi connectivity index (χ3n) is 6.55. The van der Waals surface area contributed by atoms with E-state index in [4.69, 9.17) is 9.47 Å². The SMILES string of the molecule is COc1cc(-c2cc(C(F)(F)F)cnc2OC)c(F)cc1-n1c2c(ccc1=O)CN(S(=O)(=O)Nc1cccnn1)CC2. The van der Waals surface area contributed by atoms with E-state index in [2.05, 4.69) is 19.9 Å². The Labute approximate surface area is 236 Å². The van der Waals surface area contributed by atoms with Gasteiger partial charge in [-0.3, -0.25) is 14.1 Å². The van der Waals surface area contributed by atoms with E-state index in [1.807, 2.05) is 0 Å². The fraction of sp³-hybridized carbons (Fsp3) is 0.231. The van der Waals surface area contributed by atoms with Gasteiger partial charge in [-0.05, 0) is 29.8 Å². The number of ether oxygens (including phenoxy) is 2. The highest BCUT2D eigenvalue weighted by Crippen LogP contribution is 2.39. The number of alkyl halides is 3. The quantitative estimate of drug-likeness (QED) is 0.316. The molecule has 0 amide bonds. The summed E-state index contributed by atoms with van der Waals surface area (Å²) in [6, 6.07) is 8.48. The molecular weight excluding hydrogens is 584 g/mol. The van der Waals surface area contributed by atoms with E-state index < -0.39 is 33.3 Å². The van der Waals surface area contributed by atoms with Gasteiger partial charge in [-0.2, -0.15) is 31.0 Å². The van der Waals surface area contributed by atoms with Gasteiger partial charge in [-0.1, -0.05) is 6.07 Å². The van der Waals surface area contributed by atoms with Crippen LogP contribution in [0, 0.1) is 5.82 Å². The van der Waals surface area contributed by atoms with Gasteiger partial charge in [-0.25, -0.2) is 9.37 Å². The molecule has 0 aliphatic carbocycles. The lowest BCUT2D eigenvalue weighted by Gasteiger charge is -2.30. The molecule has 0 atom stereocenters. The van der Waals surface area contributed by atoms with Crippen LogP contribution >= 0.6 is 0 Å². The maximum Gasteiger partial charge on any atom is 0.417 e. The second kappa shape index (κ2) is 11.0. The zero-order chi connectivity index (χ0) is 30.2. The van der Waals surface area contributed by atoms with Crippen molar-refractivity contribution in [3.8, 4) is 28.4 Å². The molecular formula is C26H22F4N6O5S. The predicted molar refractivity (Wildman–Crippen MR) is 142 cm³/mol. The standard InChI is InChI=1S/C26H22F4N6O5S/c1-40-22-11-17(18-10-16(26(28,29)30)13-31-25(18)41-2)19(27)12-21(22)36-20-7-9-35(14-15(20)5-6-24(36)37)42(38,39)34-23-4-3-8-32-33-23/h3-6,8,10-13H,7,9,14H2,1-2H3,(H,33,34). The van der Waals surface area contributed by atoms with Gasteiger partial charge in [0.2, 0.25) is 5.88 Å². The lowest BCUT2D eigenvalue weighted by molar-refractivity contribution is -0.137. The zero-order valence-electron chi connectivity index (χ0n) is 22.0. The summed E-state index contributed by atoms with van der Waals surface area (Å²) < 4.78 is 96.9. The van der Waals surface area contributed by atoms with Crippen LogP contribution in [0.2, 0.25) is 0 Å². The molecule has 0 saturated carbocycles. The fourth-order valence-electron chi connectivity index (χ4n) is 4.61. The summed E-state index contributed by atoms with van der Waals surface area (Å²) in [5, 5.41) is 7.36. The van der Waals surface area contributed by atoms with Crippen molar-refractivity contribution >= 4 is 16.0 Å². The number of halogens is 4. The van der Waals surface area contributed by atoms with Crippen molar-refractivity contribution in [3.63, 3.8) is 0 Å². The zero-order valence-corrected chi connectivity index (χ0v) is 22.8. The second-order valence-electron chi connectivity index (χ2n) is 9.06. The van der Waals surface area contributed by atoms with Gasteiger partial charge in [0.1, 0.15) is 11.6 Å². The molecule has 220 valence electrons. The van der Waals surface area contributed by atoms with E-state index in [1.165, 1.54) is 49.2 Å². The molecule has 1 N–H and O–H groups in total. The fourth-order valence-corrected chi connectivity index (χ4v) is 5.75. The number of methoxy groups -OCH3 is 2. The minimum atomic E-state index is -4.74. The molecule has 1 aliphatic heterocycles. The van der Waals surface area contributed by atoms with Crippen molar-refractivity contribution in [1.82, 2.24) is 24.1 Å². The number of anilines is 1. The average Bonchev–Trinajstić information content (AvgIpc) is 2.96. The number of benzene rings is 1. The number of rotatable bonds is 7. The van der Waals surface area contributed by atoms with Crippen LogP contribution in [0.25, 0.3) is 16.8 Å². The molecule has 42 heavy (non-hydrogen) atoms. The molecule has 1 aromatic carbocycles. The van der Waals surface area contributed by atoms with Gasteiger partial charge in [0.05, 0.1) is 25.5 Å². The first-order valence-corrected chi connectivity index (χ1v) is 13.7. The summed E-state index contributed by atoms with van der Waals surface area (Å²) in [4.78, 5) is 16.7. The van der Waals surface area contributed by atoms with Gasteiger partial charge in [0.25, 0.3) is 5.56 Å². The number of hydrogen-bond donors (Lipinski definition) is 1. The van der Waals surface area contributed by atoms with E-state index in [0.717, 1.165) is 16.4 Å². The highest BCUT2D eigenvalue weighted by Gasteiger charge is 2.33. The van der Waals surface area contributed by atoms with Crippen molar-refractivity contribution in [2.75, 3.05) is 25.5 Å². The topological polar surface area (TPSA) is 129 Å². The van der Waals surface area contributed by atoms with Crippen LogP contribution in [0.3, 0.4) is 0 Å². The third kappa shape index (κ3) is 5.49. The second-order valence-corrected chi connectivity index (χ2v) is 10.7. The Morgan fingerprint density at radius 1 is 1.05 bits per heavy atom. The summed E-state index contributed by atoms with van der Waals surface area (Å²) in [6.07, 6.45) is -2.69. The van der Waals surface area contributed by atoms with Gasteiger partial charge in [0, 0.05) is 60.9 Å². The molecule has 11 nitrogen and oxygen atoms in total. The monoisotopic (exact) mass is 606 g/mol. The minimum absolute atomic E-state index is 0.0199. The molecule has 4 heterocycles. The summed E-state index contributed by atoms with van der Waals surface area (Å²) in [7, 11) is -1.59. The molecule has 4 aromatic rings. The first-order chi connectivity index (χ1) is 19.9. The largest absolute Gasteiger partial charge is 0.495 e. The van der Waals surface area contributed by atoms with Gasteiger partial charge in [-0.15, -0.1) is 5.10 Å². The van der Waals surface area contributed by atoms with Crippen LogP contribution in [-0.2, 0) is 29.4 Å². The van der Waals surface area contributed by atoms with Crippen LogP contribution in [0.5, 0.6) is 11.6 Å². The predicted octanol–water partition coefficient (Wildman–Crippen LogP) is 3.58. The van der Waals surface area contributed by atoms with Crippen LogP contribution in [0.15, 0.2) is 59.7 Å². The van der Waals surface area contributed by atoms with E-state index in [1.54, 1.807) is 0 Å². The molecule has 5 rings (SSSR count). The molecule has 0 saturated heterocycles. The lowest BCUT2D eigenvalue weighted by atomic mass is 10.0. The van der Waals surface area contributed by atoms with Gasteiger partial charge < -0.3 is 9.47 Å². The molecule has 0 fully saturated rings. The highest BCUT2D eigenvalue weighted by molar-refractivity contribution is 7.90. The van der Waals surface area contributed by atoms with E-state index in [9.17, 15) is 26.4 Å². The van der Waals surface area contributed by atoms with E-state index in [0.29, 0.717) is 23.5 Å². The number of fused-ring (bicyclic) bond motifs is 1. The molecule has 0 radical (unpaired) electrons. The number of pyridine rings is 2. The minimum Gasteiger partial charge on any atom is -0.495 e. The Kier molecular flexibility index (Phi) is 7.59. The van der Waals surface area contributed by atoms with Crippen molar-refractivity contribution in [2.45, 2.75) is 19.1 Å². The third-order valence-corrected chi connectivity index (χ3v) is 8.01. The van der Waals surface area contributed by atoms with Crippen molar-refractivity contribution < 1.29 is 35.5 Å². The molecule has 0 bridgehead atoms. The summed E-state index contributed by atoms with van der Waals surface area (Å²) >= 11 is 0. The van der Waals surface area contributed by atoms with Crippen molar-refractivity contribution in [2.24, 2.45) is 0 Å². The van der Waals surface area contributed by atoms with Gasteiger partial charge >= 0.3 is 16.4 Å². The maximum atomic E-state index is 15.6. The van der Waals surface area contributed by atoms with E-state index >= 15 is 4.39 Å².